The lowest BCUT2D eigenvalue weighted by Crippen LogP contribution is -2.54. The van der Waals surface area contributed by atoms with Crippen molar-refractivity contribution < 1.29 is 27.4 Å². The third kappa shape index (κ3) is 4.27. The van der Waals surface area contributed by atoms with Crippen molar-refractivity contribution >= 4 is 11.6 Å². The van der Waals surface area contributed by atoms with Crippen LogP contribution in [0, 0.1) is 22.7 Å². The Morgan fingerprint density at radius 3 is 2.79 bits per heavy atom. The first kappa shape index (κ1) is 25.9. The van der Waals surface area contributed by atoms with E-state index in [0.717, 1.165) is 57.1 Å². The van der Waals surface area contributed by atoms with Gasteiger partial charge in [-0.25, -0.2) is 0 Å². The Morgan fingerprint density at radius 1 is 1.24 bits per heavy atom. The number of fused-ring (bicyclic) bond motifs is 3. The Balaban J connectivity index is 1.16. The smallest absolute Gasteiger partial charge is 0.379 e. The molecule has 2 bridgehead atoms. The first-order valence-corrected chi connectivity index (χ1v) is 13.8. The highest BCUT2D eigenvalue weighted by Gasteiger charge is 2.59. The monoisotopic (exact) mass is 532 g/mol. The molecule has 206 valence electrons. The minimum atomic E-state index is -4.47. The molecule has 6 rings (SSSR count). The Morgan fingerprint density at radius 2 is 2.08 bits per heavy atom. The third-order valence-corrected chi connectivity index (χ3v) is 9.88. The van der Waals surface area contributed by atoms with Crippen LogP contribution in [0.3, 0.4) is 0 Å². The van der Waals surface area contributed by atoms with Crippen LogP contribution < -0.4 is 10.2 Å². The second-order valence-corrected chi connectivity index (χ2v) is 11.8. The number of benzene rings is 1. The van der Waals surface area contributed by atoms with Gasteiger partial charge in [0, 0.05) is 44.9 Å². The lowest BCUT2D eigenvalue weighted by molar-refractivity contribution is -0.144. The maximum Gasteiger partial charge on any atom is 0.416 e. The number of hydrogen-bond donors (Lipinski definition) is 1. The van der Waals surface area contributed by atoms with Gasteiger partial charge in [0.1, 0.15) is 6.07 Å². The van der Waals surface area contributed by atoms with E-state index in [9.17, 15) is 23.2 Å². The van der Waals surface area contributed by atoms with Crippen LogP contribution in [0.4, 0.5) is 18.9 Å². The molecule has 0 radical (unpaired) electrons. The molecule has 5 aliphatic rings. The standard InChI is InChI=1S/C28H35F3N4O3/c1-37-25-16-38-8-6-23(25)33-20-9-18-3-2-7-27(18,12-20)26(36)35-15-21-11-22(35)14-34(21)24-10-19(28(29,30)31)5-4-17(24)13-32/h4-5,10,18,20-23,25,33H,2-3,6-9,11-12,14-16H2,1H3/t18-,20-,21+,22+,23+,25-,27-/m1/s1. The Kier molecular flexibility index (Phi) is 6.60. The molecular weight excluding hydrogens is 497 g/mol. The summed E-state index contributed by atoms with van der Waals surface area (Å²) < 4.78 is 51.4. The molecule has 1 aromatic carbocycles. The fourth-order valence-corrected chi connectivity index (χ4v) is 8.09. The van der Waals surface area contributed by atoms with Gasteiger partial charge >= 0.3 is 6.18 Å². The topological polar surface area (TPSA) is 77.8 Å². The molecule has 10 heteroatoms. The number of rotatable bonds is 5. The minimum absolute atomic E-state index is 0.0188. The van der Waals surface area contributed by atoms with Crippen molar-refractivity contribution in [3.63, 3.8) is 0 Å². The predicted molar refractivity (Wildman–Crippen MR) is 133 cm³/mol. The second-order valence-electron chi connectivity index (χ2n) is 11.8. The van der Waals surface area contributed by atoms with Gasteiger partial charge in [0.2, 0.25) is 5.91 Å². The van der Waals surface area contributed by atoms with Crippen molar-refractivity contribution in [2.75, 3.05) is 38.3 Å². The van der Waals surface area contributed by atoms with Crippen LogP contribution in [0.2, 0.25) is 0 Å². The number of alkyl halides is 3. The average Bonchev–Trinajstić information content (AvgIpc) is 3.67. The largest absolute Gasteiger partial charge is 0.416 e. The zero-order chi connectivity index (χ0) is 26.7. The van der Waals surface area contributed by atoms with Crippen molar-refractivity contribution in [3.05, 3.63) is 29.3 Å². The lowest BCUT2D eigenvalue weighted by atomic mass is 9.78. The van der Waals surface area contributed by atoms with Gasteiger partial charge in [0.05, 0.1) is 41.0 Å². The van der Waals surface area contributed by atoms with E-state index in [-0.39, 0.29) is 47.2 Å². The SMILES string of the molecule is CO[C@@H]1COCC[C@@H]1N[C@@H]1C[C@H]2CCC[C@@]2(C(=O)N2C[C@@H]3C[C@H]2CN3c2cc(C(F)(F)F)ccc2C#N)C1. The molecule has 1 amide bonds. The molecular formula is C28H35F3N4O3. The summed E-state index contributed by atoms with van der Waals surface area (Å²) in [4.78, 5) is 18.1. The number of piperazine rings is 1. The highest BCUT2D eigenvalue weighted by Crippen LogP contribution is 2.56. The van der Waals surface area contributed by atoms with Gasteiger partial charge in [-0.05, 0) is 62.6 Å². The summed E-state index contributed by atoms with van der Waals surface area (Å²) in [6, 6.07) is 5.75. The Bertz CT molecular complexity index is 1120. The average molecular weight is 533 g/mol. The number of carbonyl (C=O) groups excluding carboxylic acids is 1. The van der Waals surface area contributed by atoms with Crippen molar-refractivity contribution in [2.45, 2.75) is 81.4 Å². The number of carbonyl (C=O) groups is 1. The third-order valence-electron chi connectivity index (χ3n) is 9.88. The van der Waals surface area contributed by atoms with E-state index in [1.807, 2.05) is 9.80 Å². The number of anilines is 1. The number of nitrogens with zero attached hydrogens (tertiary/aromatic N) is 3. The molecule has 7 nitrogen and oxygen atoms in total. The maximum atomic E-state index is 14.2. The highest BCUT2D eigenvalue weighted by atomic mass is 19.4. The minimum Gasteiger partial charge on any atom is -0.379 e. The predicted octanol–water partition coefficient (Wildman–Crippen LogP) is 3.71. The van der Waals surface area contributed by atoms with E-state index in [4.69, 9.17) is 9.47 Å². The molecule has 3 aliphatic heterocycles. The molecule has 0 unspecified atom stereocenters. The normalized spacial score (nSPS) is 36.5. The highest BCUT2D eigenvalue weighted by molar-refractivity contribution is 5.85. The number of likely N-dealkylation sites (tertiary alicyclic amines) is 1. The molecule has 2 aliphatic carbocycles. The van der Waals surface area contributed by atoms with Gasteiger partial charge in [0.25, 0.3) is 0 Å². The first-order chi connectivity index (χ1) is 18.2. The van der Waals surface area contributed by atoms with Crippen LogP contribution in [0.15, 0.2) is 18.2 Å². The summed E-state index contributed by atoms with van der Waals surface area (Å²) in [6.45, 7) is 2.26. The zero-order valence-corrected chi connectivity index (χ0v) is 21.7. The molecule has 7 atom stereocenters. The fraction of sp³-hybridized carbons (Fsp3) is 0.714. The summed E-state index contributed by atoms with van der Waals surface area (Å²) >= 11 is 0. The van der Waals surface area contributed by atoms with Crippen molar-refractivity contribution in [1.29, 1.82) is 5.26 Å². The van der Waals surface area contributed by atoms with E-state index in [0.29, 0.717) is 37.9 Å². The molecule has 0 spiro atoms. The summed E-state index contributed by atoms with van der Waals surface area (Å²) in [5, 5.41) is 13.4. The van der Waals surface area contributed by atoms with Crippen LogP contribution >= 0.6 is 0 Å². The summed E-state index contributed by atoms with van der Waals surface area (Å²) in [5.41, 5.74) is -0.535. The molecule has 3 heterocycles. The van der Waals surface area contributed by atoms with Gasteiger partial charge in [-0.2, -0.15) is 18.4 Å². The number of ether oxygens (including phenoxy) is 2. The molecule has 3 saturated heterocycles. The molecule has 2 saturated carbocycles. The Labute approximate surface area is 221 Å². The fourth-order valence-electron chi connectivity index (χ4n) is 8.09. The lowest BCUT2D eigenvalue weighted by Gasteiger charge is -2.41. The van der Waals surface area contributed by atoms with Crippen LogP contribution in [0.5, 0.6) is 0 Å². The van der Waals surface area contributed by atoms with Gasteiger partial charge < -0.3 is 24.6 Å². The number of amides is 1. The maximum absolute atomic E-state index is 14.2. The second kappa shape index (κ2) is 9.68. The van der Waals surface area contributed by atoms with Gasteiger partial charge in [-0.15, -0.1) is 0 Å². The van der Waals surface area contributed by atoms with Gasteiger partial charge in [-0.1, -0.05) is 6.42 Å². The number of nitriles is 1. The van der Waals surface area contributed by atoms with Crippen molar-refractivity contribution in [1.82, 2.24) is 10.2 Å². The number of hydrogen-bond acceptors (Lipinski definition) is 6. The summed E-state index contributed by atoms with van der Waals surface area (Å²) in [7, 11) is 1.72. The molecule has 1 aromatic rings. The van der Waals surface area contributed by atoms with Crippen LogP contribution in [0.1, 0.15) is 56.1 Å². The molecule has 38 heavy (non-hydrogen) atoms. The number of nitrogens with one attached hydrogen (secondary N) is 1. The van der Waals surface area contributed by atoms with E-state index >= 15 is 0 Å². The molecule has 1 N–H and O–H groups in total. The quantitative estimate of drug-likeness (QED) is 0.623. The van der Waals surface area contributed by atoms with E-state index in [1.54, 1.807) is 7.11 Å². The summed E-state index contributed by atoms with van der Waals surface area (Å²) in [5.74, 6) is 0.591. The van der Waals surface area contributed by atoms with E-state index in [2.05, 4.69) is 11.4 Å². The first-order valence-electron chi connectivity index (χ1n) is 13.8. The molecule has 0 aromatic heterocycles. The summed E-state index contributed by atoms with van der Waals surface area (Å²) in [6.07, 6.45) is 2.02. The van der Waals surface area contributed by atoms with Gasteiger partial charge in [0.15, 0.2) is 0 Å². The number of halogens is 3. The zero-order valence-electron chi connectivity index (χ0n) is 21.7. The number of methoxy groups -OCH3 is 1. The van der Waals surface area contributed by atoms with E-state index < -0.39 is 11.7 Å². The molecule has 5 fully saturated rings. The van der Waals surface area contributed by atoms with E-state index in [1.165, 1.54) is 6.07 Å². The van der Waals surface area contributed by atoms with Crippen LogP contribution in [-0.2, 0) is 20.4 Å². The van der Waals surface area contributed by atoms with Crippen LogP contribution in [0.25, 0.3) is 0 Å². The van der Waals surface area contributed by atoms with Crippen molar-refractivity contribution in [3.8, 4) is 6.07 Å². The van der Waals surface area contributed by atoms with Crippen molar-refractivity contribution in [2.24, 2.45) is 11.3 Å². The van der Waals surface area contributed by atoms with Crippen LogP contribution in [-0.4, -0.2) is 74.5 Å². The van der Waals surface area contributed by atoms with Gasteiger partial charge in [-0.3, -0.25) is 4.79 Å². The Hall–Kier alpha value is -2.35.